The van der Waals surface area contributed by atoms with Crippen molar-refractivity contribution in [1.82, 2.24) is 10.6 Å². The number of sulfonamides is 1. The molecule has 0 fully saturated rings. The monoisotopic (exact) mass is 664 g/mol. The molecule has 0 bridgehead atoms. The number of halogens is 3. The fraction of sp³-hybridized carbons (Fsp3) is 0.394. The van der Waals surface area contributed by atoms with Gasteiger partial charge in [-0.3, -0.25) is 14.3 Å². The fourth-order valence-corrected chi connectivity index (χ4v) is 5.46. The van der Waals surface area contributed by atoms with Crippen LogP contribution in [-0.2, 0) is 32.5 Å². The van der Waals surface area contributed by atoms with Gasteiger partial charge in [-0.05, 0) is 100 Å². The number of benzene rings is 3. The summed E-state index contributed by atoms with van der Waals surface area (Å²) in [5, 5.41) is 5.92. The van der Waals surface area contributed by atoms with Crippen LogP contribution in [0.3, 0.4) is 0 Å². The summed E-state index contributed by atoms with van der Waals surface area (Å²) in [5.41, 5.74) is 8.07. The molecule has 0 aliphatic heterocycles. The van der Waals surface area contributed by atoms with Gasteiger partial charge in [0.05, 0.1) is 4.90 Å². The Bertz CT molecular complexity index is 1540. The Morgan fingerprint density at radius 2 is 1.13 bits per heavy atom. The third kappa shape index (κ3) is 13.8. The van der Waals surface area contributed by atoms with Crippen molar-refractivity contribution in [2.24, 2.45) is 0 Å². The Morgan fingerprint density at radius 3 is 1.52 bits per heavy atom. The number of nitrogen functional groups attached to an aromatic ring is 1. The molecule has 252 valence electrons. The normalized spacial score (nSPS) is 11.9. The van der Waals surface area contributed by atoms with Gasteiger partial charge in [0.25, 0.3) is 10.0 Å². The van der Waals surface area contributed by atoms with Crippen LogP contribution < -0.4 is 25.8 Å². The van der Waals surface area contributed by atoms with Gasteiger partial charge >= 0.3 is 6.36 Å². The highest BCUT2D eigenvalue weighted by atomic mass is 32.2. The topological polar surface area (TPSA) is 140 Å². The molecule has 2 amide bonds. The molecule has 0 atom stereocenters. The van der Waals surface area contributed by atoms with Crippen molar-refractivity contribution in [3.05, 3.63) is 83.9 Å². The zero-order chi connectivity index (χ0) is 34.8. The van der Waals surface area contributed by atoms with E-state index in [0.717, 1.165) is 41.9 Å². The molecular weight excluding hydrogens is 621 g/mol. The molecule has 3 aromatic carbocycles. The number of rotatable bonds is 12. The van der Waals surface area contributed by atoms with Gasteiger partial charge in [0, 0.05) is 35.3 Å². The Kier molecular flexibility index (Phi) is 13.1. The van der Waals surface area contributed by atoms with Gasteiger partial charge < -0.3 is 21.1 Å². The lowest BCUT2D eigenvalue weighted by molar-refractivity contribution is -0.274. The van der Waals surface area contributed by atoms with Gasteiger partial charge in [-0.1, -0.05) is 38.1 Å². The first-order chi connectivity index (χ1) is 21.2. The molecule has 0 spiro atoms. The maximum Gasteiger partial charge on any atom is 0.573 e. The van der Waals surface area contributed by atoms with Crippen molar-refractivity contribution in [2.75, 3.05) is 10.5 Å². The van der Waals surface area contributed by atoms with Gasteiger partial charge in [-0.15, -0.1) is 13.2 Å². The van der Waals surface area contributed by atoms with Crippen LogP contribution in [0.4, 0.5) is 24.5 Å². The summed E-state index contributed by atoms with van der Waals surface area (Å²) in [6, 6.07) is 18.3. The van der Waals surface area contributed by atoms with E-state index in [1.807, 2.05) is 58.9 Å². The average Bonchev–Trinajstić information content (AvgIpc) is 2.94. The summed E-state index contributed by atoms with van der Waals surface area (Å²) < 4.78 is 67.6. The molecule has 13 heteroatoms. The van der Waals surface area contributed by atoms with Gasteiger partial charge in [0.1, 0.15) is 5.75 Å². The van der Waals surface area contributed by atoms with E-state index >= 15 is 0 Å². The fourth-order valence-electron chi connectivity index (χ4n) is 4.40. The Labute approximate surface area is 269 Å². The van der Waals surface area contributed by atoms with Crippen molar-refractivity contribution < 1.29 is 35.9 Å². The molecule has 0 radical (unpaired) electrons. The third-order valence-electron chi connectivity index (χ3n) is 6.44. The number of alkyl halides is 3. The molecule has 9 nitrogen and oxygen atoms in total. The predicted octanol–water partition coefficient (Wildman–Crippen LogP) is 6.35. The van der Waals surface area contributed by atoms with Crippen molar-refractivity contribution >= 4 is 33.2 Å². The third-order valence-corrected chi connectivity index (χ3v) is 7.84. The van der Waals surface area contributed by atoms with Crippen LogP contribution in [-0.4, -0.2) is 37.7 Å². The van der Waals surface area contributed by atoms with Crippen LogP contribution in [0, 0.1) is 0 Å². The second-order valence-corrected chi connectivity index (χ2v) is 13.7. The number of carbonyl (C=O) groups excluding carboxylic acids is 2. The van der Waals surface area contributed by atoms with E-state index < -0.39 is 27.7 Å². The first kappa shape index (κ1) is 37.9. The second-order valence-electron chi connectivity index (χ2n) is 12.0. The quantitative estimate of drug-likeness (QED) is 0.167. The molecule has 0 saturated heterocycles. The molecule has 0 heterocycles. The Morgan fingerprint density at radius 1 is 0.717 bits per heavy atom. The molecule has 0 aromatic heterocycles. The van der Waals surface area contributed by atoms with E-state index in [0.29, 0.717) is 24.9 Å². The summed E-state index contributed by atoms with van der Waals surface area (Å²) in [5.74, 6) is -0.486. The van der Waals surface area contributed by atoms with Crippen LogP contribution in [0.25, 0.3) is 0 Å². The minimum atomic E-state index is -4.85. The number of nitrogens with two attached hydrogens (primary N) is 1. The first-order valence-corrected chi connectivity index (χ1v) is 16.1. The molecule has 5 N–H and O–H groups in total. The minimum Gasteiger partial charge on any atom is -0.406 e. The van der Waals surface area contributed by atoms with Crippen LogP contribution in [0.15, 0.2) is 77.7 Å². The van der Waals surface area contributed by atoms with E-state index in [9.17, 15) is 31.2 Å². The zero-order valence-corrected chi connectivity index (χ0v) is 27.7. The molecule has 0 unspecified atom stereocenters. The molecule has 3 rings (SSSR count). The zero-order valence-electron chi connectivity index (χ0n) is 26.9. The Balaban J connectivity index is 0.000000387. The van der Waals surface area contributed by atoms with Gasteiger partial charge in [-0.2, -0.15) is 0 Å². The van der Waals surface area contributed by atoms with E-state index in [2.05, 4.69) is 20.1 Å². The van der Waals surface area contributed by atoms with Crippen molar-refractivity contribution in [1.29, 1.82) is 0 Å². The lowest BCUT2D eigenvalue weighted by Gasteiger charge is -2.26. The summed E-state index contributed by atoms with van der Waals surface area (Å²) in [6.07, 6.45) is -2.60. The number of anilines is 2. The maximum atomic E-state index is 12.4. The number of nitrogens with one attached hydrogen (secondary N) is 3. The molecule has 0 saturated carbocycles. The second kappa shape index (κ2) is 15.8. The van der Waals surface area contributed by atoms with Crippen LogP contribution in [0.1, 0.15) is 65.5 Å². The molecule has 46 heavy (non-hydrogen) atoms. The van der Waals surface area contributed by atoms with E-state index in [1.165, 1.54) is 5.56 Å². The highest BCUT2D eigenvalue weighted by Gasteiger charge is 2.31. The largest absolute Gasteiger partial charge is 0.573 e. The summed E-state index contributed by atoms with van der Waals surface area (Å²) in [7, 11) is -3.98. The molecular formula is C33H43F3N4O5S. The number of ether oxygens (including phenoxy) is 1. The molecule has 0 aliphatic carbocycles. The van der Waals surface area contributed by atoms with Crippen molar-refractivity contribution in [3.8, 4) is 5.75 Å². The average molecular weight is 665 g/mol. The highest BCUT2D eigenvalue weighted by Crippen LogP contribution is 2.25. The Hall–Kier alpha value is -4.26. The smallest absolute Gasteiger partial charge is 0.406 e. The van der Waals surface area contributed by atoms with Gasteiger partial charge in [-0.25, -0.2) is 8.42 Å². The summed E-state index contributed by atoms with van der Waals surface area (Å²) in [4.78, 5) is 22.7. The number of amides is 2. The molecule has 3 aromatic rings. The first-order valence-electron chi connectivity index (χ1n) is 14.7. The summed E-state index contributed by atoms with van der Waals surface area (Å²) in [6.45, 7) is 11.5. The van der Waals surface area contributed by atoms with E-state index in [-0.39, 0.29) is 22.2 Å². The lowest BCUT2D eigenvalue weighted by Crippen LogP contribution is -2.44. The van der Waals surface area contributed by atoms with E-state index in [1.54, 1.807) is 31.2 Å². The van der Waals surface area contributed by atoms with Crippen molar-refractivity contribution in [3.63, 3.8) is 0 Å². The minimum absolute atomic E-state index is 0.0592. The highest BCUT2D eigenvalue weighted by molar-refractivity contribution is 7.92. The van der Waals surface area contributed by atoms with Gasteiger partial charge in [0.2, 0.25) is 11.8 Å². The van der Waals surface area contributed by atoms with Gasteiger partial charge in [0.15, 0.2) is 0 Å². The van der Waals surface area contributed by atoms with Crippen LogP contribution >= 0.6 is 0 Å². The standard InChI is InChI=1S/C20H23F3N2O4S.C13H20N2O/c1-4-18(26)24-19(2,3)13-14-5-7-15(8-6-14)25-30(27,28)17-11-9-16(10-12-17)29-20(21,22)23;1-4-12(16)15-13(2,3)9-10-5-7-11(14)8-6-10/h5-12,25H,4,13H2,1-3H3,(H,24,26);5-8H,4,9,14H2,1-3H3,(H,15,16). The summed E-state index contributed by atoms with van der Waals surface area (Å²) >= 11 is 0. The number of carbonyl (C=O) groups is 2. The maximum absolute atomic E-state index is 12.4. The predicted molar refractivity (Wildman–Crippen MR) is 174 cm³/mol. The SMILES string of the molecule is CCC(=O)NC(C)(C)Cc1ccc(N)cc1.CCC(=O)NC(C)(C)Cc1ccc(NS(=O)(=O)c2ccc(OC(F)(F)F)cc2)cc1. The van der Waals surface area contributed by atoms with Crippen LogP contribution in [0.2, 0.25) is 0 Å². The van der Waals surface area contributed by atoms with Crippen molar-refractivity contribution in [2.45, 2.75) is 89.6 Å². The lowest BCUT2D eigenvalue weighted by atomic mass is 9.94. The number of hydrogen-bond donors (Lipinski definition) is 4. The van der Waals surface area contributed by atoms with Crippen LogP contribution in [0.5, 0.6) is 5.75 Å². The molecule has 0 aliphatic rings. The van der Waals surface area contributed by atoms with E-state index in [4.69, 9.17) is 5.73 Å². The number of hydrogen-bond acceptors (Lipinski definition) is 6.